The molecule has 1 aliphatic carbocycles. The number of carbonyl (C=O) groups excluding carboxylic acids is 2. The highest BCUT2D eigenvalue weighted by molar-refractivity contribution is 7.20. The van der Waals surface area contributed by atoms with Crippen molar-refractivity contribution in [2.75, 3.05) is 5.43 Å². The quantitative estimate of drug-likeness (QED) is 0.491. The minimum atomic E-state index is -1.02. The van der Waals surface area contributed by atoms with Gasteiger partial charge in [-0.15, -0.1) is 11.3 Å². The molecule has 3 aromatic rings. The van der Waals surface area contributed by atoms with Crippen LogP contribution in [0.5, 0.6) is 0 Å². The van der Waals surface area contributed by atoms with E-state index in [9.17, 15) is 23.2 Å². The Labute approximate surface area is 160 Å². The first-order chi connectivity index (χ1) is 13.4. The number of hydrogen-bond donors (Lipinski definition) is 4. The number of pyridine rings is 1. The topological polar surface area (TPSA) is 103 Å². The van der Waals surface area contributed by atoms with Gasteiger partial charge in [-0.3, -0.25) is 25.2 Å². The maximum absolute atomic E-state index is 14.2. The molecule has 4 N–H and O–H groups in total. The first kappa shape index (κ1) is 18.1. The molecule has 144 valence electrons. The summed E-state index contributed by atoms with van der Waals surface area (Å²) in [5.74, 6) is -3.25. The number of halogens is 2. The van der Waals surface area contributed by atoms with Crippen molar-refractivity contribution in [1.82, 2.24) is 15.7 Å². The number of rotatable bonds is 5. The van der Waals surface area contributed by atoms with E-state index in [2.05, 4.69) is 21.2 Å². The Kier molecular flexibility index (Phi) is 4.55. The largest absolute Gasteiger partial charge is 0.349 e. The Bertz CT molecular complexity index is 1130. The lowest BCUT2D eigenvalue weighted by Crippen LogP contribution is -2.30. The lowest BCUT2D eigenvalue weighted by molar-refractivity contribution is 0.0946. The van der Waals surface area contributed by atoms with Gasteiger partial charge in [0.2, 0.25) is 0 Å². The number of thiophene rings is 1. The van der Waals surface area contributed by atoms with Gasteiger partial charge in [0.15, 0.2) is 11.6 Å². The smallest absolute Gasteiger partial charge is 0.279 e. The molecule has 28 heavy (non-hydrogen) atoms. The van der Waals surface area contributed by atoms with Crippen LogP contribution >= 0.6 is 11.3 Å². The molecule has 0 saturated heterocycles. The maximum Gasteiger partial charge on any atom is 0.279 e. The molecule has 0 spiro atoms. The van der Waals surface area contributed by atoms with Gasteiger partial charge in [0, 0.05) is 23.2 Å². The number of aromatic amines is 1. The number of H-pyrrole nitrogens is 1. The van der Waals surface area contributed by atoms with Crippen LogP contribution in [0.15, 0.2) is 35.3 Å². The van der Waals surface area contributed by atoms with E-state index in [1.54, 1.807) is 6.07 Å². The van der Waals surface area contributed by atoms with Crippen LogP contribution in [0, 0.1) is 11.6 Å². The van der Waals surface area contributed by atoms with Gasteiger partial charge in [-0.25, -0.2) is 8.78 Å². The lowest BCUT2D eigenvalue weighted by atomic mass is 10.1. The number of hydrazine groups is 1. The van der Waals surface area contributed by atoms with Crippen molar-refractivity contribution >= 4 is 38.9 Å². The standard InChI is InChI=1S/C18H14F2N4O3S/c19-11-5-9(16(25)22-10-1-2-10)6-12(20)14(11)23-24-17(26)13-7-8-3-4-21-18(27)15(8)28-13/h3-7,10,23H,1-2H2,(H,21,27)(H,22,25)(H,24,26). The molecular weight excluding hydrogens is 390 g/mol. The predicted molar refractivity (Wildman–Crippen MR) is 100 cm³/mol. The molecule has 2 aromatic heterocycles. The van der Waals surface area contributed by atoms with Gasteiger partial charge >= 0.3 is 0 Å². The normalized spacial score (nSPS) is 13.4. The van der Waals surface area contributed by atoms with Crippen LogP contribution in [0.3, 0.4) is 0 Å². The van der Waals surface area contributed by atoms with Gasteiger partial charge in [0.05, 0.1) is 4.88 Å². The summed E-state index contributed by atoms with van der Waals surface area (Å²) in [7, 11) is 0. The van der Waals surface area contributed by atoms with Crippen molar-refractivity contribution in [2.24, 2.45) is 0 Å². The average Bonchev–Trinajstić information content (AvgIpc) is 3.35. The predicted octanol–water partition coefficient (Wildman–Crippen LogP) is 2.52. The lowest BCUT2D eigenvalue weighted by Gasteiger charge is -2.11. The fourth-order valence-corrected chi connectivity index (χ4v) is 3.54. The molecule has 0 unspecified atom stereocenters. The van der Waals surface area contributed by atoms with E-state index in [0.717, 1.165) is 36.3 Å². The number of nitrogens with one attached hydrogen (secondary N) is 4. The first-order valence-electron chi connectivity index (χ1n) is 8.40. The van der Waals surface area contributed by atoms with Crippen molar-refractivity contribution in [2.45, 2.75) is 18.9 Å². The molecule has 1 aromatic carbocycles. The van der Waals surface area contributed by atoms with Crippen LogP contribution < -0.4 is 21.7 Å². The van der Waals surface area contributed by atoms with E-state index in [1.165, 1.54) is 12.3 Å². The highest BCUT2D eigenvalue weighted by atomic mass is 32.1. The summed E-state index contributed by atoms with van der Waals surface area (Å²) in [6.07, 6.45) is 3.17. The van der Waals surface area contributed by atoms with Crippen molar-refractivity contribution < 1.29 is 18.4 Å². The summed E-state index contributed by atoms with van der Waals surface area (Å²) in [5, 5.41) is 3.23. The van der Waals surface area contributed by atoms with Gasteiger partial charge < -0.3 is 10.3 Å². The minimum Gasteiger partial charge on any atom is -0.349 e. The van der Waals surface area contributed by atoms with Gasteiger partial charge in [-0.1, -0.05) is 0 Å². The number of anilines is 1. The van der Waals surface area contributed by atoms with Crippen LogP contribution in [-0.4, -0.2) is 22.8 Å². The highest BCUT2D eigenvalue weighted by Gasteiger charge is 2.25. The number of hydrogen-bond acceptors (Lipinski definition) is 5. The Morgan fingerprint density at radius 1 is 1.11 bits per heavy atom. The second-order valence-electron chi connectivity index (χ2n) is 6.34. The van der Waals surface area contributed by atoms with E-state index >= 15 is 0 Å². The van der Waals surface area contributed by atoms with E-state index < -0.39 is 29.1 Å². The van der Waals surface area contributed by atoms with Crippen LogP contribution in [0.2, 0.25) is 0 Å². The molecule has 0 aliphatic heterocycles. The molecule has 7 nitrogen and oxygen atoms in total. The Balaban J connectivity index is 1.48. The number of benzene rings is 1. The molecular formula is C18H14F2N4O3S. The van der Waals surface area contributed by atoms with Crippen molar-refractivity contribution in [3.05, 3.63) is 62.9 Å². The highest BCUT2D eigenvalue weighted by Crippen LogP contribution is 2.24. The van der Waals surface area contributed by atoms with Gasteiger partial charge in [-0.05, 0) is 37.1 Å². The van der Waals surface area contributed by atoms with E-state index in [4.69, 9.17) is 0 Å². The second kappa shape index (κ2) is 7.04. The van der Waals surface area contributed by atoms with Gasteiger partial charge in [0.25, 0.3) is 17.4 Å². The number of carbonyl (C=O) groups is 2. The summed E-state index contributed by atoms with van der Waals surface area (Å²) >= 11 is 0.957. The number of aromatic nitrogens is 1. The molecule has 0 radical (unpaired) electrons. The molecule has 10 heteroatoms. The van der Waals surface area contributed by atoms with Crippen LogP contribution in [0.25, 0.3) is 10.1 Å². The summed E-state index contributed by atoms with van der Waals surface area (Å²) in [5.41, 5.74) is 3.34. The van der Waals surface area contributed by atoms with Crippen molar-refractivity contribution in [3.8, 4) is 0 Å². The fraction of sp³-hybridized carbons (Fsp3) is 0.167. The Morgan fingerprint density at radius 3 is 2.46 bits per heavy atom. The Hall–Kier alpha value is -3.27. The van der Waals surface area contributed by atoms with Crippen molar-refractivity contribution in [3.63, 3.8) is 0 Å². The SMILES string of the molecule is O=C(NC1CC1)c1cc(F)c(NNC(=O)c2cc3cc[nH]c(=O)c3s2)c(F)c1. The summed E-state index contributed by atoms with van der Waals surface area (Å²) in [6, 6.07) is 5.00. The molecule has 1 fully saturated rings. The van der Waals surface area contributed by atoms with Crippen LogP contribution in [0.4, 0.5) is 14.5 Å². The summed E-state index contributed by atoms with van der Waals surface area (Å²) in [4.78, 5) is 38.6. The van der Waals surface area contributed by atoms with Crippen LogP contribution in [-0.2, 0) is 0 Å². The van der Waals surface area contributed by atoms with Gasteiger partial charge in [-0.2, -0.15) is 0 Å². The van der Waals surface area contributed by atoms with Crippen LogP contribution in [0.1, 0.15) is 32.9 Å². The zero-order valence-electron chi connectivity index (χ0n) is 14.3. The van der Waals surface area contributed by atoms with Gasteiger partial charge in [0.1, 0.15) is 10.4 Å². The third-order valence-corrected chi connectivity index (χ3v) is 5.33. The zero-order valence-corrected chi connectivity index (χ0v) is 15.1. The minimum absolute atomic E-state index is 0.0595. The average molecular weight is 404 g/mol. The number of fused-ring (bicyclic) bond motifs is 1. The van der Waals surface area contributed by atoms with E-state index in [-0.39, 0.29) is 22.0 Å². The van der Waals surface area contributed by atoms with Crippen molar-refractivity contribution in [1.29, 1.82) is 0 Å². The molecule has 2 amide bonds. The first-order valence-corrected chi connectivity index (χ1v) is 9.21. The molecule has 0 atom stereocenters. The summed E-state index contributed by atoms with van der Waals surface area (Å²) in [6.45, 7) is 0. The summed E-state index contributed by atoms with van der Waals surface area (Å²) < 4.78 is 28.8. The van der Waals surface area contributed by atoms with E-state index in [1.807, 2.05) is 0 Å². The zero-order chi connectivity index (χ0) is 19.8. The maximum atomic E-state index is 14.2. The Morgan fingerprint density at radius 2 is 1.82 bits per heavy atom. The third kappa shape index (κ3) is 3.58. The fourth-order valence-electron chi connectivity index (χ4n) is 2.59. The second-order valence-corrected chi connectivity index (χ2v) is 7.40. The molecule has 0 bridgehead atoms. The third-order valence-electron chi connectivity index (χ3n) is 4.19. The van der Waals surface area contributed by atoms with E-state index in [0.29, 0.717) is 10.1 Å². The number of amides is 2. The molecule has 1 aliphatic rings. The molecule has 2 heterocycles. The molecule has 1 saturated carbocycles. The monoisotopic (exact) mass is 404 g/mol. The molecule has 4 rings (SSSR count).